The Morgan fingerprint density at radius 1 is 1.56 bits per heavy atom. The van der Waals surface area contributed by atoms with E-state index in [1.807, 2.05) is 12.1 Å². The van der Waals surface area contributed by atoms with Crippen molar-refractivity contribution in [3.63, 3.8) is 0 Å². The Balaban J connectivity index is 2.14. The van der Waals surface area contributed by atoms with Crippen molar-refractivity contribution in [3.8, 4) is 0 Å². The number of hydrogen-bond acceptors (Lipinski definition) is 3. The van der Waals surface area contributed by atoms with Gasteiger partial charge in [-0.1, -0.05) is 11.6 Å². The lowest BCUT2D eigenvalue weighted by molar-refractivity contribution is 0.0361. The summed E-state index contributed by atoms with van der Waals surface area (Å²) >= 11 is 11.6. The first-order valence-corrected chi connectivity index (χ1v) is 6.17. The van der Waals surface area contributed by atoms with Crippen molar-refractivity contribution < 1.29 is 4.74 Å². The van der Waals surface area contributed by atoms with Crippen LogP contribution in [0.1, 0.15) is 6.92 Å². The number of nitrogens with zero attached hydrogens (tertiary/aromatic N) is 2. The van der Waals surface area contributed by atoms with E-state index >= 15 is 0 Å². The van der Waals surface area contributed by atoms with Crippen LogP contribution in [0.5, 0.6) is 0 Å². The fourth-order valence-corrected chi connectivity index (χ4v) is 2.07. The highest BCUT2D eigenvalue weighted by Crippen LogP contribution is 2.21. The van der Waals surface area contributed by atoms with E-state index in [1.165, 1.54) is 0 Å². The first kappa shape index (κ1) is 12.0. The molecule has 2 atom stereocenters. The maximum atomic E-state index is 5.82. The van der Waals surface area contributed by atoms with Crippen molar-refractivity contribution in [2.45, 2.75) is 19.1 Å². The average Bonchev–Trinajstić information content (AvgIpc) is 2.31. The Labute approximate surface area is 105 Å². The summed E-state index contributed by atoms with van der Waals surface area (Å²) in [4.78, 5) is 6.52. The van der Waals surface area contributed by atoms with Gasteiger partial charge in [0.2, 0.25) is 0 Å². The molecule has 0 saturated carbocycles. The van der Waals surface area contributed by atoms with Crippen LogP contribution in [-0.4, -0.2) is 36.2 Å². The molecule has 0 aromatic carbocycles. The van der Waals surface area contributed by atoms with Gasteiger partial charge in [-0.3, -0.25) is 0 Å². The Hall–Kier alpha value is -0.510. The average molecular weight is 261 g/mol. The molecule has 0 bridgehead atoms. The number of halogens is 2. The lowest BCUT2D eigenvalue weighted by Crippen LogP contribution is -2.49. The fraction of sp³-hybridized carbons (Fsp3) is 0.545. The first-order chi connectivity index (χ1) is 7.70. The van der Waals surface area contributed by atoms with E-state index in [0.717, 1.165) is 12.4 Å². The molecule has 1 aromatic heterocycles. The SMILES string of the molecule is CC1COC(CCl)CN1c1ccc(Cl)cn1. The van der Waals surface area contributed by atoms with Crippen LogP contribution in [0, 0.1) is 0 Å². The van der Waals surface area contributed by atoms with Crippen molar-refractivity contribution in [3.05, 3.63) is 23.4 Å². The summed E-state index contributed by atoms with van der Waals surface area (Å²) in [5, 5.41) is 0.651. The molecule has 1 aromatic rings. The minimum Gasteiger partial charge on any atom is -0.373 e. The molecule has 0 amide bonds. The summed E-state index contributed by atoms with van der Waals surface area (Å²) in [7, 11) is 0. The van der Waals surface area contributed by atoms with E-state index in [4.69, 9.17) is 27.9 Å². The van der Waals surface area contributed by atoms with E-state index in [2.05, 4.69) is 16.8 Å². The first-order valence-electron chi connectivity index (χ1n) is 5.26. The molecule has 0 radical (unpaired) electrons. The van der Waals surface area contributed by atoms with E-state index in [9.17, 15) is 0 Å². The third-order valence-electron chi connectivity index (χ3n) is 2.68. The Bertz CT molecular complexity index is 344. The molecule has 1 aliphatic heterocycles. The van der Waals surface area contributed by atoms with Gasteiger partial charge in [-0.05, 0) is 19.1 Å². The Kier molecular flexibility index (Phi) is 3.90. The van der Waals surface area contributed by atoms with Gasteiger partial charge in [-0.2, -0.15) is 0 Å². The van der Waals surface area contributed by atoms with Gasteiger partial charge in [-0.15, -0.1) is 11.6 Å². The van der Waals surface area contributed by atoms with Crippen LogP contribution in [0.2, 0.25) is 5.02 Å². The van der Waals surface area contributed by atoms with Crippen LogP contribution in [0.15, 0.2) is 18.3 Å². The molecule has 2 heterocycles. The quantitative estimate of drug-likeness (QED) is 0.765. The zero-order chi connectivity index (χ0) is 11.5. The summed E-state index contributed by atoms with van der Waals surface area (Å²) in [6.45, 7) is 3.57. The monoisotopic (exact) mass is 260 g/mol. The molecule has 2 unspecified atom stereocenters. The zero-order valence-corrected chi connectivity index (χ0v) is 10.6. The van der Waals surface area contributed by atoms with Crippen molar-refractivity contribution >= 4 is 29.0 Å². The number of alkyl halides is 1. The van der Waals surface area contributed by atoms with E-state index in [-0.39, 0.29) is 6.10 Å². The Morgan fingerprint density at radius 3 is 3.00 bits per heavy atom. The maximum absolute atomic E-state index is 5.82. The normalized spacial score (nSPS) is 25.8. The summed E-state index contributed by atoms with van der Waals surface area (Å²) in [6, 6.07) is 4.09. The molecule has 0 aliphatic carbocycles. The lowest BCUT2D eigenvalue weighted by atomic mass is 10.2. The van der Waals surface area contributed by atoms with E-state index < -0.39 is 0 Å². The molecule has 2 rings (SSSR count). The molecule has 3 nitrogen and oxygen atoms in total. The third-order valence-corrected chi connectivity index (χ3v) is 3.25. The van der Waals surface area contributed by atoms with Crippen LogP contribution < -0.4 is 4.90 Å². The maximum Gasteiger partial charge on any atom is 0.128 e. The molecule has 5 heteroatoms. The molecule has 16 heavy (non-hydrogen) atoms. The minimum atomic E-state index is 0.0790. The van der Waals surface area contributed by atoms with E-state index in [1.54, 1.807) is 6.20 Å². The highest BCUT2D eigenvalue weighted by Gasteiger charge is 2.26. The molecule has 1 aliphatic rings. The standard InChI is InChI=1S/C11H14Cl2N2O/c1-8-7-16-10(4-12)6-15(8)11-3-2-9(13)5-14-11/h2-3,5,8,10H,4,6-7H2,1H3. The third kappa shape index (κ3) is 2.59. The number of morpholine rings is 1. The van der Waals surface area contributed by atoms with Crippen molar-refractivity contribution in [2.75, 3.05) is 23.9 Å². The van der Waals surface area contributed by atoms with Gasteiger partial charge in [-0.25, -0.2) is 4.98 Å². The predicted octanol–water partition coefficient (Wildman–Crippen LogP) is 2.57. The van der Waals surface area contributed by atoms with Crippen molar-refractivity contribution in [2.24, 2.45) is 0 Å². The summed E-state index contributed by atoms with van der Waals surface area (Å²) in [6.07, 6.45) is 1.74. The minimum absolute atomic E-state index is 0.0790. The number of aromatic nitrogens is 1. The number of hydrogen-bond donors (Lipinski definition) is 0. The highest BCUT2D eigenvalue weighted by molar-refractivity contribution is 6.30. The van der Waals surface area contributed by atoms with E-state index in [0.29, 0.717) is 23.6 Å². The van der Waals surface area contributed by atoms with Crippen molar-refractivity contribution in [1.29, 1.82) is 0 Å². The topological polar surface area (TPSA) is 25.4 Å². The molecular weight excluding hydrogens is 247 g/mol. The molecule has 88 valence electrons. The lowest BCUT2D eigenvalue weighted by Gasteiger charge is -2.38. The smallest absolute Gasteiger partial charge is 0.128 e. The number of anilines is 1. The largest absolute Gasteiger partial charge is 0.373 e. The summed E-state index contributed by atoms with van der Waals surface area (Å²) < 4.78 is 5.59. The molecule has 1 fully saturated rings. The molecule has 1 saturated heterocycles. The highest BCUT2D eigenvalue weighted by atomic mass is 35.5. The van der Waals surface area contributed by atoms with Gasteiger partial charge in [0.15, 0.2) is 0 Å². The molecular formula is C11H14Cl2N2O. The number of pyridine rings is 1. The molecule has 0 N–H and O–H groups in total. The second kappa shape index (κ2) is 5.21. The second-order valence-electron chi connectivity index (χ2n) is 3.95. The van der Waals surface area contributed by atoms with Gasteiger partial charge in [0.05, 0.1) is 29.7 Å². The van der Waals surface area contributed by atoms with Crippen molar-refractivity contribution in [1.82, 2.24) is 4.98 Å². The number of rotatable bonds is 2. The van der Waals surface area contributed by atoms with Crippen LogP contribution in [0.25, 0.3) is 0 Å². The zero-order valence-electron chi connectivity index (χ0n) is 9.07. The Morgan fingerprint density at radius 2 is 2.38 bits per heavy atom. The van der Waals surface area contributed by atoms with Gasteiger partial charge >= 0.3 is 0 Å². The van der Waals surface area contributed by atoms with Crippen LogP contribution in [-0.2, 0) is 4.74 Å². The van der Waals surface area contributed by atoms with Gasteiger partial charge in [0.1, 0.15) is 5.82 Å². The molecule has 0 spiro atoms. The summed E-state index contributed by atoms with van der Waals surface area (Å²) in [5.41, 5.74) is 0. The van der Waals surface area contributed by atoms with Crippen LogP contribution in [0.4, 0.5) is 5.82 Å². The summed E-state index contributed by atoms with van der Waals surface area (Å²) in [5.74, 6) is 1.44. The van der Waals surface area contributed by atoms with Gasteiger partial charge in [0, 0.05) is 12.7 Å². The fourth-order valence-electron chi connectivity index (χ4n) is 1.77. The van der Waals surface area contributed by atoms with Gasteiger partial charge < -0.3 is 9.64 Å². The van der Waals surface area contributed by atoms with Crippen LogP contribution >= 0.6 is 23.2 Å². The van der Waals surface area contributed by atoms with Gasteiger partial charge in [0.25, 0.3) is 0 Å². The number of ether oxygens (including phenoxy) is 1. The second-order valence-corrected chi connectivity index (χ2v) is 4.69. The van der Waals surface area contributed by atoms with Crippen LogP contribution in [0.3, 0.4) is 0 Å². The predicted molar refractivity (Wildman–Crippen MR) is 66.5 cm³/mol.